The first kappa shape index (κ1) is 17.5. The predicted octanol–water partition coefficient (Wildman–Crippen LogP) is 7.13. The fourth-order valence-electron chi connectivity index (χ4n) is 4.52. The Kier molecular flexibility index (Phi) is 9.03. The molecule has 21 heavy (non-hydrogen) atoms. The molecule has 2 unspecified atom stereocenters. The summed E-state index contributed by atoms with van der Waals surface area (Å²) in [6.07, 6.45) is 26.3. The highest BCUT2D eigenvalue weighted by molar-refractivity contribution is 7.58. The highest BCUT2D eigenvalue weighted by atomic mass is 31.1. The van der Waals surface area contributed by atoms with Gasteiger partial charge in [0, 0.05) is 0 Å². The molecule has 0 aromatic carbocycles. The Balaban J connectivity index is 2.01. The fraction of sp³-hybridized carbons (Fsp3) is 0.900. The number of hydrogen-bond acceptors (Lipinski definition) is 0. The maximum Gasteiger partial charge on any atom is -0.0145 e. The van der Waals surface area contributed by atoms with E-state index in [1.54, 1.807) is 25.4 Å². The molecule has 0 N–H and O–H groups in total. The zero-order chi connectivity index (χ0) is 14.8. The van der Waals surface area contributed by atoms with E-state index in [9.17, 15) is 0 Å². The highest BCUT2D eigenvalue weighted by Crippen LogP contribution is 2.51. The van der Waals surface area contributed by atoms with E-state index >= 15 is 0 Å². The second-order valence-corrected chi connectivity index (χ2v) is 10.0. The van der Waals surface area contributed by atoms with Gasteiger partial charge in [-0.3, -0.25) is 0 Å². The van der Waals surface area contributed by atoms with Gasteiger partial charge in [0.1, 0.15) is 0 Å². The second-order valence-electron chi connectivity index (χ2n) is 7.37. The second kappa shape index (κ2) is 10.8. The summed E-state index contributed by atoms with van der Waals surface area (Å²) in [5.74, 6) is 1.06. The van der Waals surface area contributed by atoms with Crippen LogP contribution in [0.25, 0.3) is 0 Å². The molecule has 1 heterocycles. The van der Waals surface area contributed by atoms with Crippen molar-refractivity contribution in [2.75, 3.05) is 12.3 Å². The van der Waals surface area contributed by atoms with Crippen molar-refractivity contribution in [1.82, 2.24) is 0 Å². The van der Waals surface area contributed by atoms with E-state index in [1.807, 2.05) is 0 Å². The minimum Gasteiger partial charge on any atom is -0.103 e. The van der Waals surface area contributed by atoms with Gasteiger partial charge in [0.05, 0.1) is 0 Å². The molecule has 0 aromatic rings. The molecule has 0 bridgehead atoms. The monoisotopic (exact) mass is 308 g/mol. The van der Waals surface area contributed by atoms with Crippen LogP contribution in [0.15, 0.2) is 12.7 Å². The van der Waals surface area contributed by atoms with Crippen molar-refractivity contribution >= 4 is 7.92 Å². The highest BCUT2D eigenvalue weighted by Gasteiger charge is 2.28. The van der Waals surface area contributed by atoms with E-state index in [2.05, 4.69) is 12.7 Å². The summed E-state index contributed by atoms with van der Waals surface area (Å²) < 4.78 is 0. The fourth-order valence-corrected chi connectivity index (χ4v) is 7.71. The molecule has 2 aliphatic rings. The lowest BCUT2D eigenvalue weighted by molar-refractivity contribution is 0.390. The lowest BCUT2D eigenvalue weighted by Gasteiger charge is -2.34. The average Bonchev–Trinajstić information content (AvgIpc) is 2.69. The van der Waals surface area contributed by atoms with Crippen LogP contribution >= 0.6 is 7.92 Å². The maximum absolute atomic E-state index is 4.08. The van der Waals surface area contributed by atoms with Gasteiger partial charge < -0.3 is 0 Å². The van der Waals surface area contributed by atoms with E-state index in [0.29, 0.717) is 0 Å². The standard InChI is InChI=1S/C20H37P/c1-2-17-21-18-13-9-5-8-12-16-20(21)19-14-10-6-3-4-7-11-15-19/h2,19-20H,1,3-18H2. The van der Waals surface area contributed by atoms with Crippen molar-refractivity contribution in [3.8, 4) is 0 Å². The van der Waals surface area contributed by atoms with Crippen molar-refractivity contribution in [3.63, 3.8) is 0 Å². The van der Waals surface area contributed by atoms with Crippen LogP contribution < -0.4 is 0 Å². The van der Waals surface area contributed by atoms with Crippen LogP contribution in [0.2, 0.25) is 0 Å². The van der Waals surface area contributed by atoms with Crippen LogP contribution in [0.5, 0.6) is 0 Å². The number of rotatable bonds is 3. The quantitative estimate of drug-likeness (QED) is 0.384. The zero-order valence-corrected chi connectivity index (χ0v) is 15.1. The van der Waals surface area contributed by atoms with Crippen LogP contribution in [-0.4, -0.2) is 18.0 Å². The van der Waals surface area contributed by atoms with E-state index in [1.165, 1.54) is 76.8 Å². The topological polar surface area (TPSA) is 0 Å². The van der Waals surface area contributed by atoms with Crippen LogP contribution in [0.1, 0.15) is 89.9 Å². The molecular formula is C20H37P. The first-order valence-corrected chi connectivity index (χ1v) is 11.5. The summed E-state index contributed by atoms with van der Waals surface area (Å²) in [4.78, 5) is 0. The van der Waals surface area contributed by atoms with Crippen LogP contribution in [-0.2, 0) is 0 Å². The Morgan fingerprint density at radius 2 is 1.24 bits per heavy atom. The molecule has 2 fully saturated rings. The molecule has 0 spiro atoms. The van der Waals surface area contributed by atoms with Crippen molar-refractivity contribution < 1.29 is 0 Å². The Morgan fingerprint density at radius 1 is 0.714 bits per heavy atom. The van der Waals surface area contributed by atoms with E-state index in [0.717, 1.165) is 11.6 Å². The lowest BCUT2D eigenvalue weighted by atomic mass is 9.90. The summed E-state index contributed by atoms with van der Waals surface area (Å²) in [6, 6.07) is 0. The Bertz CT molecular complexity index is 263. The normalized spacial score (nSPS) is 31.0. The average molecular weight is 308 g/mol. The minimum absolute atomic E-state index is 0.234. The lowest BCUT2D eigenvalue weighted by Crippen LogP contribution is -2.21. The van der Waals surface area contributed by atoms with Gasteiger partial charge in [-0.15, -0.1) is 6.58 Å². The largest absolute Gasteiger partial charge is 0.103 e. The molecule has 1 saturated heterocycles. The van der Waals surface area contributed by atoms with Crippen LogP contribution in [0.4, 0.5) is 0 Å². The van der Waals surface area contributed by atoms with Crippen molar-refractivity contribution in [1.29, 1.82) is 0 Å². The van der Waals surface area contributed by atoms with E-state index in [-0.39, 0.29) is 7.92 Å². The first-order valence-electron chi connectivity index (χ1n) is 9.77. The predicted molar refractivity (Wildman–Crippen MR) is 98.8 cm³/mol. The van der Waals surface area contributed by atoms with Gasteiger partial charge in [0.25, 0.3) is 0 Å². The van der Waals surface area contributed by atoms with Gasteiger partial charge in [-0.1, -0.05) is 78.2 Å². The molecule has 122 valence electrons. The molecular weight excluding hydrogens is 271 g/mol. The molecule has 0 nitrogen and oxygen atoms in total. The Labute approximate surface area is 134 Å². The number of allylic oxidation sites excluding steroid dienone is 1. The minimum atomic E-state index is 0.234. The van der Waals surface area contributed by atoms with Gasteiger partial charge in [0.2, 0.25) is 0 Å². The van der Waals surface area contributed by atoms with Gasteiger partial charge in [-0.25, -0.2) is 0 Å². The molecule has 1 saturated carbocycles. The molecule has 1 heteroatoms. The molecule has 2 rings (SSSR count). The molecule has 0 radical (unpaired) electrons. The van der Waals surface area contributed by atoms with Crippen LogP contribution in [0.3, 0.4) is 0 Å². The van der Waals surface area contributed by atoms with Crippen molar-refractivity contribution in [2.45, 2.75) is 95.6 Å². The van der Waals surface area contributed by atoms with Gasteiger partial charge in [0.15, 0.2) is 0 Å². The maximum atomic E-state index is 4.08. The number of hydrogen-bond donors (Lipinski definition) is 0. The molecule has 1 aliphatic heterocycles. The molecule has 0 amide bonds. The van der Waals surface area contributed by atoms with Gasteiger partial charge in [-0.2, -0.15) is 0 Å². The van der Waals surface area contributed by atoms with Crippen molar-refractivity contribution in [3.05, 3.63) is 12.7 Å². The molecule has 0 aromatic heterocycles. The van der Waals surface area contributed by atoms with Gasteiger partial charge >= 0.3 is 0 Å². The van der Waals surface area contributed by atoms with Crippen molar-refractivity contribution in [2.24, 2.45) is 5.92 Å². The van der Waals surface area contributed by atoms with Gasteiger partial charge in [-0.05, 0) is 49.6 Å². The SMILES string of the molecule is C=CCP1CCCCCCCC1C1CCCCCCCC1. The summed E-state index contributed by atoms with van der Waals surface area (Å²) in [6.45, 7) is 4.08. The zero-order valence-electron chi connectivity index (χ0n) is 14.2. The van der Waals surface area contributed by atoms with E-state index in [4.69, 9.17) is 0 Å². The summed E-state index contributed by atoms with van der Waals surface area (Å²) in [5.41, 5.74) is 1.08. The third-order valence-electron chi connectivity index (χ3n) is 5.72. The first-order chi connectivity index (χ1) is 10.4. The molecule has 2 atom stereocenters. The smallest absolute Gasteiger partial charge is 0.0145 e. The summed E-state index contributed by atoms with van der Waals surface area (Å²) >= 11 is 0. The van der Waals surface area contributed by atoms with E-state index < -0.39 is 0 Å². The summed E-state index contributed by atoms with van der Waals surface area (Å²) in [7, 11) is 0.234. The third-order valence-corrected chi connectivity index (χ3v) is 8.96. The Hall–Kier alpha value is 0.170. The Morgan fingerprint density at radius 3 is 1.86 bits per heavy atom. The third kappa shape index (κ3) is 6.43. The molecule has 1 aliphatic carbocycles. The van der Waals surface area contributed by atoms with Crippen LogP contribution in [0, 0.1) is 5.92 Å². The summed E-state index contributed by atoms with van der Waals surface area (Å²) in [5, 5.41) is 0.